The van der Waals surface area contributed by atoms with E-state index in [-0.39, 0.29) is 5.60 Å². The third-order valence-corrected chi connectivity index (χ3v) is 4.90. The molecular weight excluding hydrogens is 320 g/mol. The fourth-order valence-corrected chi connectivity index (χ4v) is 3.87. The molecule has 3 heterocycles. The lowest BCUT2D eigenvalue weighted by atomic mass is 9.79. The zero-order valence-corrected chi connectivity index (χ0v) is 13.4. The average Bonchev–Trinajstić information content (AvgIpc) is 2.88. The minimum atomic E-state index is -0.0442. The molecule has 2 fully saturated rings. The molecule has 1 spiro atoms. The molecule has 5 heteroatoms. The highest BCUT2D eigenvalue weighted by Crippen LogP contribution is 2.40. The minimum absolute atomic E-state index is 0.0442. The maximum atomic E-state index is 6.03. The van der Waals surface area contributed by atoms with Gasteiger partial charge in [-0.2, -0.15) is 0 Å². The van der Waals surface area contributed by atoms with Crippen molar-refractivity contribution >= 4 is 15.9 Å². The van der Waals surface area contributed by atoms with Gasteiger partial charge < -0.3 is 14.8 Å². The zero-order valence-electron chi connectivity index (χ0n) is 11.8. The lowest BCUT2D eigenvalue weighted by Gasteiger charge is -2.40. The van der Waals surface area contributed by atoms with Crippen LogP contribution in [0.2, 0.25) is 0 Å². The molecule has 2 aliphatic heterocycles. The fourth-order valence-electron chi connectivity index (χ4n) is 3.49. The van der Waals surface area contributed by atoms with Crippen molar-refractivity contribution in [3.05, 3.63) is 28.5 Å². The van der Waals surface area contributed by atoms with E-state index >= 15 is 0 Å². The SMILES string of the molecule is CNC(c1cncc(Br)c1)C1CCOC2(CCOC2)C1. The molecule has 2 aliphatic rings. The Hall–Kier alpha value is -0.490. The van der Waals surface area contributed by atoms with E-state index in [0.29, 0.717) is 12.0 Å². The maximum Gasteiger partial charge on any atom is 0.0940 e. The molecule has 1 N–H and O–H groups in total. The highest BCUT2D eigenvalue weighted by Gasteiger charge is 2.43. The van der Waals surface area contributed by atoms with E-state index in [1.165, 1.54) is 5.56 Å². The minimum Gasteiger partial charge on any atom is -0.378 e. The summed E-state index contributed by atoms with van der Waals surface area (Å²) in [5, 5.41) is 3.46. The first-order chi connectivity index (χ1) is 9.72. The highest BCUT2D eigenvalue weighted by atomic mass is 79.9. The van der Waals surface area contributed by atoms with Crippen LogP contribution in [0, 0.1) is 5.92 Å². The molecule has 2 saturated heterocycles. The number of hydrogen-bond acceptors (Lipinski definition) is 4. The number of ether oxygens (including phenoxy) is 2. The molecule has 0 bridgehead atoms. The van der Waals surface area contributed by atoms with Gasteiger partial charge >= 0.3 is 0 Å². The highest BCUT2D eigenvalue weighted by molar-refractivity contribution is 9.10. The largest absolute Gasteiger partial charge is 0.378 e. The monoisotopic (exact) mass is 340 g/mol. The molecule has 1 aromatic heterocycles. The van der Waals surface area contributed by atoms with Crippen LogP contribution in [0.4, 0.5) is 0 Å². The van der Waals surface area contributed by atoms with Gasteiger partial charge in [0, 0.05) is 42.5 Å². The standard InChI is InChI=1S/C15H21BrN2O2/c1-17-14(12-6-13(16)9-18-8-12)11-2-4-20-15(7-11)3-5-19-10-15/h6,8-9,11,14,17H,2-5,7,10H2,1H3. The predicted octanol–water partition coefficient (Wildman–Crippen LogP) is 2.69. The summed E-state index contributed by atoms with van der Waals surface area (Å²) in [5.74, 6) is 0.562. The third kappa shape index (κ3) is 2.91. The molecule has 0 radical (unpaired) electrons. The summed E-state index contributed by atoms with van der Waals surface area (Å²) >= 11 is 3.51. The first kappa shape index (κ1) is 14.4. The third-order valence-electron chi connectivity index (χ3n) is 4.47. The van der Waals surface area contributed by atoms with Crippen molar-refractivity contribution in [3.8, 4) is 0 Å². The number of hydrogen-bond donors (Lipinski definition) is 1. The smallest absolute Gasteiger partial charge is 0.0940 e. The second-order valence-corrected chi connectivity index (χ2v) is 6.71. The van der Waals surface area contributed by atoms with Gasteiger partial charge in [-0.1, -0.05) is 0 Å². The summed E-state index contributed by atoms with van der Waals surface area (Å²) in [4.78, 5) is 4.29. The quantitative estimate of drug-likeness (QED) is 0.918. The number of aromatic nitrogens is 1. The topological polar surface area (TPSA) is 43.4 Å². The molecule has 0 amide bonds. The van der Waals surface area contributed by atoms with Gasteiger partial charge in [0.1, 0.15) is 0 Å². The molecule has 3 atom stereocenters. The molecule has 0 saturated carbocycles. The molecule has 110 valence electrons. The number of nitrogens with one attached hydrogen (secondary N) is 1. The van der Waals surface area contributed by atoms with Crippen LogP contribution >= 0.6 is 15.9 Å². The molecule has 3 unspecified atom stereocenters. The molecule has 0 aliphatic carbocycles. The predicted molar refractivity (Wildman–Crippen MR) is 80.6 cm³/mol. The van der Waals surface area contributed by atoms with Crippen LogP contribution in [0.1, 0.15) is 30.9 Å². The van der Waals surface area contributed by atoms with Crippen LogP contribution in [0.15, 0.2) is 22.9 Å². The second-order valence-electron chi connectivity index (χ2n) is 5.79. The molecular formula is C15H21BrN2O2. The van der Waals surface area contributed by atoms with E-state index in [1.54, 1.807) is 0 Å². The van der Waals surface area contributed by atoms with E-state index < -0.39 is 0 Å². The van der Waals surface area contributed by atoms with Crippen LogP contribution < -0.4 is 5.32 Å². The second kappa shape index (κ2) is 6.10. The number of rotatable bonds is 3. The summed E-state index contributed by atoms with van der Waals surface area (Å²) in [7, 11) is 2.03. The van der Waals surface area contributed by atoms with Gasteiger partial charge in [-0.15, -0.1) is 0 Å². The molecule has 3 rings (SSSR count). The summed E-state index contributed by atoms with van der Waals surface area (Å²) < 4.78 is 12.6. The first-order valence-electron chi connectivity index (χ1n) is 7.22. The van der Waals surface area contributed by atoms with Gasteiger partial charge in [-0.3, -0.25) is 4.98 Å². The van der Waals surface area contributed by atoms with Gasteiger partial charge in [0.25, 0.3) is 0 Å². The Morgan fingerprint density at radius 2 is 2.35 bits per heavy atom. The molecule has 4 nitrogen and oxygen atoms in total. The van der Waals surface area contributed by atoms with Crippen molar-refractivity contribution in [2.75, 3.05) is 26.9 Å². The molecule has 1 aromatic rings. The van der Waals surface area contributed by atoms with Crippen molar-refractivity contribution in [3.63, 3.8) is 0 Å². The summed E-state index contributed by atoms with van der Waals surface area (Å²) in [6.45, 7) is 2.40. The number of nitrogens with zero attached hydrogens (tertiary/aromatic N) is 1. The van der Waals surface area contributed by atoms with Crippen LogP contribution in [0.5, 0.6) is 0 Å². The lowest BCUT2D eigenvalue weighted by Crippen LogP contribution is -2.43. The Bertz CT molecular complexity index is 463. The number of pyridine rings is 1. The van der Waals surface area contributed by atoms with Crippen molar-refractivity contribution in [2.45, 2.75) is 30.9 Å². The average molecular weight is 341 g/mol. The summed E-state index contributed by atoms with van der Waals surface area (Å²) in [6.07, 6.45) is 6.95. The Morgan fingerprint density at radius 1 is 1.45 bits per heavy atom. The van der Waals surface area contributed by atoms with Gasteiger partial charge in [0.05, 0.1) is 12.2 Å². The Morgan fingerprint density at radius 3 is 3.05 bits per heavy atom. The van der Waals surface area contributed by atoms with Gasteiger partial charge in [-0.25, -0.2) is 0 Å². The summed E-state index contributed by atoms with van der Waals surface area (Å²) in [6, 6.07) is 2.47. The first-order valence-corrected chi connectivity index (χ1v) is 8.01. The Labute approximate surface area is 128 Å². The molecule has 0 aromatic carbocycles. The van der Waals surface area contributed by atoms with Crippen molar-refractivity contribution in [1.29, 1.82) is 0 Å². The Balaban J connectivity index is 1.78. The van der Waals surface area contributed by atoms with E-state index in [1.807, 2.05) is 19.4 Å². The van der Waals surface area contributed by atoms with Crippen molar-refractivity contribution in [2.24, 2.45) is 5.92 Å². The van der Waals surface area contributed by atoms with Gasteiger partial charge in [0.2, 0.25) is 0 Å². The van der Waals surface area contributed by atoms with Crippen LogP contribution in [-0.4, -0.2) is 37.5 Å². The van der Waals surface area contributed by atoms with Crippen LogP contribution in [-0.2, 0) is 9.47 Å². The van der Waals surface area contributed by atoms with Gasteiger partial charge in [-0.05, 0) is 53.4 Å². The fraction of sp³-hybridized carbons (Fsp3) is 0.667. The van der Waals surface area contributed by atoms with Crippen molar-refractivity contribution in [1.82, 2.24) is 10.3 Å². The van der Waals surface area contributed by atoms with E-state index in [9.17, 15) is 0 Å². The van der Waals surface area contributed by atoms with Crippen LogP contribution in [0.3, 0.4) is 0 Å². The van der Waals surface area contributed by atoms with Crippen LogP contribution in [0.25, 0.3) is 0 Å². The normalized spacial score (nSPS) is 31.6. The van der Waals surface area contributed by atoms with E-state index in [0.717, 1.165) is 43.6 Å². The van der Waals surface area contributed by atoms with Crippen molar-refractivity contribution < 1.29 is 9.47 Å². The van der Waals surface area contributed by atoms with E-state index in [4.69, 9.17) is 9.47 Å². The zero-order chi connectivity index (χ0) is 14.0. The lowest BCUT2D eigenvalue weighted by molar-refractivity contribution is -0.103. The summed E-state index contributed by atoms with van der Waals surface area (Å²) in [5.41, 5.74) is 1.19. The number of halogens is 1. The Kier molecular flexibility index (Phi) is 4.40. The van der Waals surface area contributed by atoms with E-state index in [2.05, 4.69) is 32.3 Å². The maximum absolute atomic E-state index is 6.03. The molecule has 20 heavy (non-hydrogen) atoms. The van der Waals surface area contributed by atoms with Gasteiger partial charge in [0.15, 0.2) is 0 Å².